The van der Waals surface area contributed by atoms with Crippen molar-refractivity contribution in [2.24, 2.45) is 0 Å². The van der Waals surface area contributed by atoms with Gasteiger partial charge in [-0.15, -0.1) is 0 Å². The van der Waals surface area contributed by atoms with E-state index in [-0.39, 0.29) is 10.8 Å². The molecule has 0 fully saturated rings. The first-order chi connectivity index (χ1) is 8.19. The SMILES string of the molecule is CCOc1ccccc1NCC(Br)C(=O)OC. The Labute approximate surface area is 109 Å². The molecule has 17 heavy (non-hydrogen) atoms. The Bertz CT molecular complexity index is 371. The van der Waals surface area contributed by atoms with Crippen LogP contribution >= 0.6 is 15.9 Å². The summed E-state index contributed by atoms with van der Waals surface area (Å²) in [6, 6.07) is 7.60. The van der Waals surface area contributed by atoms with Crippen LogP contribution in [-0.4, -0.2) is 31.1 Å². The van der Waals surface area contributed by atoms with Gasteiger partial charge in [0, 0.05) is 6.54 Å². The third-order valence-electron chi connectivity index (χ3n) is 2.12. The Morgan fingerprint density at radius 3 is 2.82 bits per heavy atom. The van der Waals surface area contributed by atoms with E-state index in [1.54, 1.807) is 0 Å². The lowest BCUT2D eigenvalue weighted by Gasteiger charge is -2.13. The summed E-state index contributed by atoms with van der Waals surface area (Å²) in [5.74, 6) is 0.478. The van der Waals surface area contributed by atoms with Gasteiger partial charge in [-0.25, -0.2) is 0 Å². The number of ether oxygens (including phenoxy) is 2. The molecule has 0 saturated carbocycles. The molecule has 1 aromatic carbocycles. The highest BCUT2D eigenvalue weighted by Crippen LogP contribution is 2.23. The fourth-order valence-corrected chi connectivity index (χ4v) is 1.65. The van der Waals surface area contributed by atoms with Gasteiger partial charge in [0.2, 0.25) is 0 Å². The molecule has 1 N–H and O–H groups in total. The summed E-state index contributed by atoms with van der Waals surface area (Å²) in [7, 11) is 1.37. The van der Waals surface area contributed by atoms with Crippen LogP contribution in [0.15, 0.2) is 24.3 Å². The lowest BCUT2D eigenvalue weighted by Crippen LogP contribution is -2.24. The molecule has 0 aliphatic carbocycles. The lowest BCUT2D eigenvalue weighted by molar-refractivity contribution is -0.139. The number of esters is 1. The summed E-state index contributed by atoms with van der Waals surface area (Å²) < 4.78 is 10.1. The Morgan fingerprint density at radius 2 is 2.18 bits per heavy atom. The van der Waals surface area contributed by atoms with Gasteiger partial charge in [-0.2, -0.15) is 0 Å². The number of halogens is 1. The summed E-state index contributed by atoms with van der Waals surface area (Å²) in [6.07, 6.45) is 0. The van der Waals surface area contributed by atoms with E-state index in [1.807, 2.05) is 31.2 Å². The molecule has 0 saturated heterocycles. The molecule has 1 atom stereocenters. The summed E-state index contributed by atoms with van der Waals surface area (Å²) in [5.41, 5.74) is 0.864. The van der Waals surface area contributed by atoms with Crippen LogP contribution in [0, 0.1) is 0 Å². The third kappa shape index (κ3) is 4.26. The predicted octanol–water partition coefficient (Wildman–Crippen LogP) is 2.43. The highest BCUT2D eigenvalue weighted by atomic mass is 79.9. The molecule has 1 rings (SSSR count). The van der Waals surface area contributed by atoms with E-state index < -0.39 is 0 Å². The van der Waals surface area contributed by atoms with Gasteiger partial charge >= 0.3 is 5.97 Å². The molecule has 4 nitrogen and oxygen atoms in total. The van der Waals surface area contributed by atoms with Crippen molar-refractivity contribution < 1.29 is 14.3 Å². The molecular formula is C12H16BrNO3. The maximum absolute atomic E-state index is 11.2. The average molecular weight is 302 g/mol. The topological polar surface area (TPSA) is 47.6 Å². The maximum atomic E-state index is 11.2. The second-order valence-electron chi connectivity index (χ2n) is 3.30. The number of hydrogen-bond acceptors (Lipinski definition) is 4. The zero-order valence-corrected chi connectivity index (χ0v) is 11.5. The Hall–Kier alpha value is -1.23. The van der Waals surface area contributed by atoms with E-state index >= 15 is 0 Å². The molecule has 94 valence electrons. The lowest BCUT2D eigenvalue weighted by atomic mass is 10.3. The van der Waals surface area contributed by atoms with E-state index in [0.717, 1.165) is 11.4 Å². The molecule has 5 heteroatoms. The first-order valence-electron chi connectivity index (χ1n) is 5.36. The van der Waals surface area contributed by atoms with Crippen LogP contribution in [0.25, 0.3) is 0 Å². The highest BCUT2D eigenvalue weighted by Gasteiger charge is 2.15. The molecular weight excluding hydrogens is 286 g/mol. The smallest absolute Gasteiger partial charge is 0.321 e. The van der Waals surface area contributed by atoms with Crippen LogP contribution < -0.4 is 10.1 Å². The van der Waals surface area contributed by atoms with E-state index in [1.165, 1.54) is 7.11 Å². The molecule has 1 aromatic rings. The summed E-state index contributed by atoms with van der Waals surface area (Å²) >= 11 is 3.25. The number of para-hydroxylation sites is 2. The van der Waals surface area contributed by atoms with Crippen molar-refractivity contribution in [1.29, 1.82) is 0 Å². The highest BCUT2D eigenvalue weighted by molar-refractivity contribution is 9.10. The molecule has 0 bridgehead atoms. The van der Waals surface area contributed by atoms with Crippen molar-refractivity contribution >= 4 is 27.6 Å². The molecule has 0 heterocycles. The number of carbonyl (C=O) groups excluding carboxylic acids is 1. The number of carbonyl (C=O) groups is 1. The van der Waals surface area contributed by atoms with Crippen LogP contribution in [0.3, 0.4) is 0 Å². The monoisotopic (exact) mass is 301 g/mol. The van der Waals surface area contributed by atoms with Gasteiger partial charge < -0.3 is 14.8 Å². The quantitative estimate of drug-likeness (QED) is 0.647. The van der Waals surface area contributed by atoms with Crippen LogP contribution in [0.1, 0.15) is 6.92 Å². The van der Waals surface area contributed by atoms with Gasteiger partial charge in [0.05, 0.1) is 19.4 Å². The fourth-order valence-electron chi connectivity index (χ4n) is 1.30. The minimum atomic E-state index is -0.373. The molecule has 0 aliphatic heterocycles. The van der Waals surface area contributed by atoms with Crippen LogP contribution in [0.2, 0.25) is 0 Å². The van der Waals surface area contributed by atoms with Crippen LogP contribution in [-0.2, 0) is 9.53 Å². The number of benzene rings is 1. The van der Waals surface area contributed by atoms with Crippen molar-refractivity contribution in [3.8, 4) is 5.75 Å². The predicted molar refractivity (Wildman–Crippen MR) is 70.8 cm³/mol. The molecule has 0 radical (unpaired) electrons. The van der Waals surface area contributed by atoms with Crippen LogP contribution in [0.4, 0.5) is 5.69 Å². The van der Waals surface area contributed by atoms with Crippen molar-refractivity contribution in [2.75, 3.05) is 25.6 Å². The third-order valence-corrected chi connectivity index (χ3v) is 2.81. The van der Waals surface area contributed by atoms with Crippen molar-refractivity contribution in [3.05, 3.63) is 24.3 Å². The molecule has 0 spiro atoms. The van der Waals surface area contributed by atoms with Gasteiger partial charge in [-0.05, 0) is 19.1 Å². The number of anilines is 1. The Kier molecular flexibility index (Phi) is 5.83. The first kappa shape index (κ1) is 13.8. The van der Waals surface area contributed by atoms with E-state index in [2.05, 4.69) is 26.0 Å². The number of methoxy groups -OCH3 is 1. The average Bonchev–Trinajstić information content (AvgIpc) is 2.36. The summed E-state index contributed by atoms with van der Waals surface area (Å²) in [4.78, 5) is 10.8. The number of rotatable bonds is 6. The summed E-state index contributed by atoms with van der Waals surface area (Å²) in [6.45, 7) is 2.97. The number of alkyl halides is 1. The molecule has 0 aromatic heterocycles. The normalized spacial score (nSPS) is 11.7. The first-order valence-corrected chi connectivity index (χ1v) is 6.28. The largest absolute Gasteiger partial charge is 0.492 e. The Morgan fingerprint density at radius 1 is 1.47 bits per heavy atom. The van der Waals surface area contributed by atoms with E-state index in [4.69, 9.17) is 4.74 Å². The zero-order chi connectivity index (χ0) is 12.7. The van der Waals surface area contributed by atoms with Gasteiger partial charge in [0.25, 0.3) is 0 Å². The standard InChI is InChI=1S/C12H16BrNO3/c1-3-17-11-7-5-4-6-10(11)14-8-9(13)12(15)16-2/h4-7,9,14H,3,8H2,1-2H3. The van der Waals surface area contributed by atoms with Crippen molar-refractivity contribution in [1.82, 2.24) is 0 Å². The maximum Gasteiger partial charge on any atom is 0.321 e. The molecule has 0 aliphatic rings. The minimum absolute atomic E-state index is 0.300. The van der Waals surface area contributed by atoms with Crippen molar-refractivity contribution in [2.45, 2.75) is 11.8 Å². The van der Waals surface area contributed by atoms with Gasteiger partial charge in [-0.1, -0.05) is 28.1 Å². The van der Waals surface area contributed by atoms with Gasteiger partial charge in [0.1, 0.15) is 10.6 Å². The van der Waals surface area contributed by atoms with Crippen molar-refractivity contribution in [3.63, 3.8) is 0 Å². The van der Waals surface area contributed by atoms with Crippen LogP contribution in [0.5, 0.6) is 5.75 Å². The van der Waals surface area contributed by atoms with Gasteiger partial charge in [0.15, 0.2) is 0 Å². The molecule has 0 amide bonds. The second-order valence-corrected chi connectivity index (χ2v) is 4.41. The van der Waals surface area contributed by atoms with Gasteiger partial charge in [-0.3, -0.25) is 4.79 Å². The molecule has 1 unspecified atom stereocenters. The number of hydrogen-bond donors (Lipinski definition) is 1. The fraction of sp³-hybridized carbons (Fsp3) is 0.417. The minimum Gasteiger partial charge on any atom is -0.492 e. The number of nitrogens with one attached hydrogen (secondary N) is 1. The van der Waals surface area contributed by atoms with E-state index in [0.29, 0.717) is 13.2 Å². The summed E-state index contributed by atoms with van der Waals surface area (Å²) in [5, 5.41) is 3.14. The Balaban J connectivity index is 2.59. The second kappa shape index (κ2) is 7.17. The zero-order valence-electron chi connectivity index (χ0n) is 9.90. The van der Waals surface area contributed by atoms with E-state index in [9.17, 15) is 4.79 Å².